The van der Waals surface area contributed by atoms with E-state index in [1.54, 1.807) is 11.0 Å². The standard InChI is InChI=1S/C15H21N3O4/c1-2-21-6-7-22-13-5-3-4-12(9-13)18-10-11(8-14(18)19)15(20)17-16/h3-5,9,11H,2,6-8,10,16H2,1H3,(H,17,20). The average Bonchev–Trinajstić information content (AvgIpc) is 2.93. The molecule has 0 bridgehead atoms. The largest absolute Gasteiger partial charge is 0.491 e. The molecule has 7 heteroatoms. The molecule has 120 valence electrons. The zero-order chi connectivity index (χ0) is 15.9. The van der Waals surface area contributed by atoms with Crippen LogP contribution >= 0.6 is 0 Å². The summed E-state index contributed by atoms with van der Waals surface area (Å²) in [5.41, 5.74) is 2.81. The van der Waals surface area contributed by atoms with Gasteiger partial charge in [0.2, 0.25) is 11.8 Å². The number of amides is 2. The summed E-state index contributed by atoms with van der Waals surface area (Å²) in [6.45, 7) is 3.86. The summed E-state index contributed by atoms with van der Waals surface area (Å²) in [6.07, 6.45) is 0.165. The van der Waals surface area contributed by atoms with Gasteiger partial charge in [-0.15, -0.1) is 0 Å². The zero-order valence-electron chi connectivity index (χ0n) is 12.6. The summed E-state index contributed by atoms with van der Waals surface area (Å²) in [5, 5.41) is 0. The first-order valence-electron chi connectivity index (χ1n) is 7.27. The number of hydrazine groups is 1. The smallest absolute Gasteiger partial charge is 0.239 e. The molecule has 0 aromatic heterocycles. The molecule has 7 nitrogen and oxygen atoms in total. The van der Waals surface area contributed by atoms with Crippen LogP contribution in [0.15, 0.2) is 24.3 Å². The fraction of sp³-hybridized carbons (Fsp3) is 0.467. The number of hydrogen-bond acceptors (Lipinski definition) is 5. The van der Waals surface area contributed by atoms with Gasteiger partial charge in [-0.3, -0.25) is 15.0 Å². The summed E-state index contributed by atoms with van der Waals surface area (Å²) in [4.78, 5) is 25.2. The molecule has 2 rings (SSSR count). The first-order valence-corrected chi connectivity index (χ1v) is 7.27. The molecule has 1 fully saturated rings. The summed E-state index contributed by atoms with van der Waals surface area (Å²) < 4.78 is 10.8. The highest BCUT2D eigenvalue weighted by Gasteiger charge is 2.34. The fourth-order valence-electron chi connectivity index (χ4n) is 2.35. The minimum absolute atomic E-state index is 0.0972. The van der Waals surface area contributed by atoms with Gasteiger partial charge in [0.05, 0.1) is 12.5 Å². The second-order valence-corrected chi connectivity index (χ2v) is 4.96. The predicted molar refractivity (Wildman–Crippen MR) is 81.2 cm³/mol. The molecule has 0 saturated carbocycles. The van der Waals surface area contributed by atoms with Crippen molar-refractivity contribution in [3.05, 3.63) is 24.3 Å². The van der Waals surface area contributed by atoms with Crippen LogP contribution in [0.25, 0.3) is 0 Å². The third kappa shape index (κ3) is 3.96. The van der Waals surface area contributed by atoms with E-state index < -0.39 is 5.92 Å². The second kappa shape index (κ2) is 7.77. The van der Waals surface area contributed by atoms with Crippen LogP contribution in [0.1, 0.15) is 13.3 Å². The predicted octanol–water partition coefficient (Wildman–Crippen LogP) is 0.445. The molecular weight excluding hydrogens is 286 g/mol. The van der Waals surface area contributed by atoms with Crippen LogP contribution in [-0.2, 0) is 14.3 Å². The summed E-state index contributed by atoms with van der Waals surface area (Å²) in [6, 6.07) is 7.23. The van der Waals surface area contributed by atoms with Crippen molar-refractivity contribution in [2.75, 3.05) is 31.3 Å². The summed E-state index contributed by atoms with van der Waals surface area (Å²) in [7, 11) is 0. The van der Waals surface area contributed by atoms with E-state index in [4.69, 9.17) is 15.3 Å². The van der Waals surface area contributed by atoms with Crippen molar-refractivity contribution < 1.29 is 19.1 Å². The Hall–Kier alpha value is -2.12. The lowest BCUT2D eigenvalue weighted by Gasteiger charge is -2.17. The molecule has 1 aliphatic heterocycles. The number of anilines is 1. The number of nitrogens with one attached hydrogen (secondary N) is 1. The van der Waals surface area contributed by atoms with Crippen LogP contribution in [0.2, 0.25) is 0 Å². The number of carbonyl (C=O) groups is 2. The van der Waals surface area contributed by atoms with Gasteiger partial charge in [-0.2, -0.15) is 0 Å². The minimum atomic E-state index is -0.417. The van der Waals surface area contributed by atoms with Crippen molar-refractivity contribution in [3.63, 3.8) is 0 Å². The quantitative estimate of drug-likeness (QED) is 0.330. The van der Waals surface area contributed by atoms with Crippen molar-refractivity contribution in [2.45, 2.75) is 13.3 Å². The molecule has 1 saturated heterocycles. The van der Waals surface area contributed by atoms with Crippen LogP contribution in [0.4, 0.5) is 5.69 Å². The molecule has 1 unspecified atom stereocenters. The number of hydrogen-bond donors (Lipinski definition) is 2. The maximum atomic E-state index is 12.1. The third-order valence-corrected chi connectivity index (χ3v) is 3.47. The van der Waals surface area contributed by atoms with Gasteiger partial charge in [0, 0.05) is 31.3 Å². The van der Waals surface area contributed by atoms with E-state index >= 15 is 0 Å². The molecule has 1 atom stereocenters. The highest BCUT2D eigenvalue weighted by molar-refractivity contribution is 6.00. The van der Waals surface area contributed by atoms with Gasteiger partial charge < -0.3 is 14.4 Å². The van der Waals surface area contributed by atoms with E-state index in [0.717, 1.165) is 0 Å². The maximum absolute atomic E-state index is 12.1. The van der Waals surface area contributed by atoms with Gasteiger partial charge in [0.15, 0.2) is 0 Å². The Morgan fingerprint density at radius 1 is 1.45 bits per heavy atom. The summed E-state index contributed by atoms with van der Waals surface area (Å²) in [5.74, 6) is 4.95. The highest BCUT2D eigenvalue weighted by atomic mass is 16.5. The van der Waals surface area contributed by atoms with Gasteiger partial charge in [-0.25, -0.2) is 5.84 Å². The lowest BCUT2D eigenvalue weighted by molar-refractivity contribution is -0.126. The molecule has 3 N–H and O–H groups in total. The number of nitrogens with two attached hydrogens (primary N) is 1. The number of rotatable bonds is 7. The molecule has 1 aromatic carbocycles. The van der Waals surface area contributed by atoms with Gasteiger partial charge in [0.25, 0.3) is 0 Å². The van der Waals surface area contributed by atoms with Crippen molar-refractivity contribution in [1.82, 2.24) is 5.43 Å². The Bertz CT molecular complexity index is 535. The Balaban J connectivity index is 2.00. The number of nitrogens with zero attached hydrogens (tertiary/aromatic N) is 1. The second-order valence-electron chi connectivity index (χ2n) is 4.96. The summed E-state index contributed by atoms with van der Waals surface area (Å²) >= 11 is 0. The molecule has 0 spiro atoms. The van der Waals surface area contributed by atoms with E-state index in [-0.39, 0.29) is 18.2 Å². The van der Waals surface area contributed by atoms with Gasteiger partial charge in [-0.05, 0) is 19.1 Å². The highest BCUT2D eigenvalue weighted by Crippen LogP contribution is 2.27. The Morgan fingerprint density at radius 3 is 3.00 bits per heavy atom. The van der Waals surface area contributed by atoms with Crippen LogP contribution < -0.4 is 20.9 Å². The Kier molecular flexibility index (Phi) is 5.74. The van der Waals surface area contributed by atoms with Crippen molar-refractivity contribution >= 4 is 17.5 Å². The molecule has 0 radical (unpaired) electrons. The molecule has 1 heterocycles. The molecular formula is C15H21N3O4. The van der Waals surface area contributed by atoms with E-state index in [0.29, 0.717) is 37.8 Å². The lowest BCUT2D eigenvalue weighted by Crippen LogP contribution is -2.37. The molecule has 0 aliphatic carbocycles. The Morgan fingerprint density at radius 2 is 2.27 bits per heavy atom. The molecule has 1 aliphatic rings. The van der Waals surface area contributed by atoms with Gasteiger partial charge in [0.1, 0.15) is 12.4 Å². The van der Waals surface area contributed by atoms with Crippen LogP contribution in [0.3, 0.4) is 0 Å². The lowest BCUT2D eigenvalue weighted by atomic mass is 10.1. The normalized spacial score (nSPS) is 17.6. The molecule has 2 amide bonds. The first kappa shape index (κ1) is 16.3. The fourth-order valence-corrected chi connectivity index (χ4v) is 2.35. The van der Waals surface area contributed by atoms with Crippen LogP contribution in [0, 0.1) is 5.92 Å². The van der Waals surface area contributed by atoms with Gasteiger partial charge >= 0.3 is 0 Å². The van der Waals surface area contributed by atoms with Gasteiger partial charge in [-0.1, -0.05) is 6.07 Å². The minimum Gasteiger partial charge on any atom is -0.491 e. The molecule has 1 aromatic rings. The van der Waals surface area contributed by atoms with Crippen molar-refractivity contribution in [3.8, 4) is 5.75 Å². The maximum Gasteiger partial charge on any atom is 0.239 e. The SMILES string of the molecule is CCOCCOc1cccc(N2CC(C(=O)NN)CC2=O)c1. The molecule has 22 heavy (non-hydrogen) atoms. The van der Waals surface area contributed by atoms with Crippen molar-refractivity contribution in [1.29, 1.82) is 0 Å². The van der Waals surface area contributed by atoms with E-state index in [2.05, 4.69) is 5.43 Å². The number of carbonyl (C=O) groups excluding carboxylic acids is 2. The topological polar surface area (TPSA) is 93.9 Å². The van der Waals surface area contributed by atoms with E-state index in [1.165, 1.54) is 0 Å². The number of ether oxygens (including phenoxy) is 2. The first-order chi connectivity index (χ1) is 10.7. The third-order valence-electron chi connectivity index (χ3n) is 3.47. The van der Waals surface area contributed by atoms with Crippen LogP contribution in [0.5, 0.6) is 5.75 Å². The van der Waals surface area contributed by atoms with Crippen LogP contribution in [-0.4, -0.2) is 38.2 Å². The van der Waals surface area contributed by atoms with E-state index in [1.807, 2.05) is 25.1 Å². The van der Waals surface area contributed by atoms with E-state index in [9.17, 15) is 9.59 Å². The zero-order valence-corrected chi connectivity index (χ0v) is 12.6. The average molecular weight is 307 g/mol. The monoisotopic (exact) mass is 307 g/mol. The number of benzene rings is 1. The van der Waals surface area contributed by atoms with Crippen molar-refractivity contribution in [2.24, 2.45) is 11.8 Å². The Labute approximate surface area is 129 Å².